The number of aliphatic hydroxyl groups excluding tert-OH is 3. The first-order valence-corrected chi connectivity index (χ1v) is 8.55. The van der Waals surface area contributed by atoms with Crippen LogP contribution >= 0.6 is 0 Å². The summed E-state index contributed by atoms with van der Waals surface area (Å²) in [6, 6.07) is 0. The first-order chi connectivity index (χ1) is 12.0. The third-order valence-electron chi connectivity index (χ3n) is 2.84. The largest absolute Gasteiger partial charge is 0.400 e. The zero-order chi connectivity index (χ0) is 19.9. The van der Waals surface area contributed by atoms with E-state index in [0.717, 1.165) is 32.8 Å². The van der Waals surface area contributed by atoms with E-state index >= 15 is 0 Å². The second-order valence-corrected chi connectivity index (χ2v) is 5.24. The summed E-state index contributed by atoms with van der Waals surface area (Å²) < 4.78 is 0. The molecule has 6 heteroatoms. The van der Waals surface area contributed by atoms with E-state index in [-0.39, 0.29) is 12.5 Å². The summed E-state index contributed by atoms with van der Waals surface area (Å²) in [5, 5.41) is 27.6. The van der Waals surface area contributed by atoms with Gasteiger partial charge in [-0.05, 0) is 44.7 Å². The normalized spacial score (nSPS) is 10.8. The molecule has 1 amide bonds. The lowest BCUT2D eigenvalue weighted by atomic mass is 10.2. The Hall–Kier alpha value is -1.47. The third-order valence-corrected chi connectivity index (χ3v) is 2.84. The first kappa shape index (κ1) is 28.3. The molecular weight excluding hydrogens is 320 g/mol. The Bertz CT molecular complexity index is 331. The molecule has 0 saturated heterocycles. The number of amides is 1. The highest BCUT2D eigenvalue weighted by Gasteiger charge is 2.00. The fourth-order valence-electron chi connectivity index (χ4n) is 1.46. The molecule has 0 fully saturated rings. The SMILES string of the molecule is C=CCC/C=C/C(O)NCCCO.C=CCCCC(=O)N(C)C.CO. The van der Waals surface area contributed by atoms with Crippen LogP contribution in [-0.2, 0) is 4.79 Å². The summed E-state index contributed by atoms with van der Waals surface area (Å²) in [7, 11) is 4.55. The quantitative estimate of drug-likeness (QED) is 0.243. The lowest BCUT2D eigenvalue weighted by Gasteiger charge is -2.08. The standard InChI is InChI=1S/C10H19NO2.C8H15NO.CH4O/c1-2-3-4-5-7-10(13)11-8-6-9-12;1-4-5-6-7-8(10)9(2)3;1-2/h2,5,7,10-13H,1,3-4,6,8-9H2;4H,1,5-7H2,2-3H3;2H,1H3/b7-5+;;. The van der Waals surface area contributed by atoms with Gasteiger partial charge in [-0.15, -0.1) is 13.2 Å². The van der Waals surface area contributed by atoms with Crippen molar-refractivity contribution in [2.45, 2.75) is 44.8 Å². The van der Waals surface area contributed by atoms with Gasteiger partial charge in [-0.1, -0.05) is 18.2 Å². The molecule has 25 heavy (non-hydrogen) atoms. The van der Waals surface area contributed by atoms with Gasteiger partial charge in [0.05, 0.1) is 0 Å². The van der Waals surface area contributed by atoms with Crippen LogP contribution in [0.4, 0.5) is 0 Å². The molecule has 0 rings (SSSR count). The molecule has 0 radical (unpaired) electrons. The molecule has 0 aliphatic rings. The number of allylic oxidation sites excluding steroid dienone is 3. The molecule has 0 aliphatic heterocycles. The van der Waals surface area contributed by atoms with Crippen LogP contribution < -0.4 is 5.32 Å². The minimum absolute atomic E-state index is 0.153. The molecule has 0 spiro atoms. The van der Waals surface area contributed by atoms with E-state index in [1.807, 2.05) is 18.2 Å². The van der Waals surface area contributed by atoms with Crippen LogP contribution in [0.2, 0.25) is 0 Å². The monoisotopic (exact) mass is 358 g/mol. The van der Waals surface area contributed by atoms with Gasteiger partial charge >= 0.3 is 0 Å². The first-order valence-electron chi connectivity index (χ1n) is 8.55. The fraction of sp³-hybridized carbons (Fsp3) is 0.632. The Morgan fingerprint density at radius 1 is 1.12 bits per heavy atom. The summed E-state index contributed by atoms with van der Waals surface area (Å²) in [6.07, 6.45) is 11.7. The molecular formula is C19H38N2O4. The maximum absolute atomic E-state index is 10.9. The van der Waals surface area contributed by atoms with E-state index in [9.17, 15) is 9.90 Å². The molecule has 1 unspecified atom stereocenters. The lowest BCUT2D eigenvalue weighted by molar-refractivity contribution is -0.128. The highest BCUT2D eigenvalue weighted by Crippen LogP contribution is 1.97. The van der Waals surface area contributed by atoms with E-state index < -0.39 is 6.23 Å². The Labute approximate surface area is 153 Å². The molecule has 0 saturated carbocycles. The Morgan fingerprint density at radius 3 is 2.20 bits per heavy atom. The van der Waals surface area contributed by atoms with Gasteiger partial charge in [-0.3, -0.25) is 10.1 Å². The van der Waals surface area contributed by atoms with Crippen LogP contribution in [0.25, 0.3) is 0 Å². The second-order valence-electron chi connectivity index (χ2n) is 5.24. The molecule has 0 aromatic carbocycles. The van der Waals surface area contributed by atoms with Crippen LogP contribution in [0.1, 0.15) is 38.5 Å². The van der Waals surface area contributed by atoms with Gasteiger partial charge in [0.15, 0.2) is 0 Å². The molecule has 0 aromatic heterocycles. The number of unbranched alkanes of at least 4 members (excludes halogenated alkanes) is 2. The number of carbonyl (C=O) groups is 1. The summed E-state index contributed by atoms with van der Waals surface area (Å²) in [4.78, 5) is 12.5. The van der Waals surface area contributed by atoms with Crippen molar-refractivity contribution in [1.29, 1.82) is 0 Å². The molecule has 0 aromatic rings. The summed E-state index contributed by atoms with van der Waals surface area (Å²) >= 11 is 0. The number of nitrogens with one attached hydrogen (secondary N) is 1. The van der Waals surface area contributed by atoms with E-state index in [1.54, 1.807) is 25.1 Å². The number of hydrogen-bond acceptors (Lipinski definition) is 5. The predicted octanol–water partition coefficient (Wildman–Crippen LogP) is 1.84. The fourth-order valence-corrected chi connectivity index (χ4v) is 1.46. The van der Waals surface area contributed by atoms with Gasteiger partial charge in [-0.25, -0.2) is 0 Å². The van der Waals surface area contributed by atoms with E-state index in [4.69, 9.17) is 10.2 Å². The average molecular weight is 359 g/mol. The summed E-state index contributed by atoms with van der Waals surface area (Å²) in [5.74, 6) is 0.196. The maximum atomic E-state index is 10.9. The Morgan fingerprint density at radius 2 is 1.72 bits per heavy atom. The topological polar surface area (TPSA) is 93.0 Å². The minimum Gasteiger partial charge on any atom is -0.400 e. The molecule has 0 aliphatic carbocycles. The average Bonchev–Trinajstić information content (AvgIpc) is 2.61. The molecule has 6 nitrogen and oxygen atoms in total. The predicted molar refractivity (Wildman–Crippen MR) is 105 cm³/mol. The summed E-state index contributed by atoms with van der Waals surface area (Å²) in [6.45, 7) is 7.96. The van der Waals surface area contributed by atoms with Gasteiger partial charge in [0, 0.05) is 34.2 Å². The van der Waals surface area contributed by atoms with Crippen LogP contribution in [0, 0.1) is 0 Å². The van der Waals surface area contributed by atoms with Crippen LogP contribution in [0.15, 0.2) is 37.5 Å². The highest BCUT2D eigenvalue weighted by atomic mass is 16.3. The summed E-state index contributed by atoms with van der Waals surface area (Å²) in [5.41, 5.74) is 0. The van der Waals surface area contributed by atoms with Crippen LogP contribution in [0.5, 0.6) is 0 Å². The van der Waals surface area contributed by atoms with Crippen molar-refractivity contribution in [3.8, 4) is 0 Å². The van der Waals surface area contributed by atoms with E-state index in [0.29, 0.717) is 19.4 Å². The maximum Gasteiger partial charge on any atom is 0.222 e. The number of hydrogen-bond donors (Lipinski definition) is 4. The number of carbonyl (C=O) groups excluding carboxylic acids is 1. The van der Waals surface area contributed by atoms with Crippen molar-refractivity contribution in [1.82, 2.24) is 10.2 Å². The lowest BCUT2D eigenvalue weighted by Crippen LogP contribution is -2.27. The van der Waals surface area contributed by atoms with Gasteiger partial charge in [0.1, 0.15) is 6.23 Å². The van der Waals surface area contributed by atoms with Gasteiger partial charge in [-0.2, -0.15) is 0 Å². The third kappa shape index (κ3) is 27.7. The molecule has 0 bridgehead atoms. The second kappa shape index (κ2) is 24.8. The number of aliphatic hydroxyl groups is 3. The van der Waals surface area contributed by atoms with Gasteiger partial charge < -0.3 is 20.2 Å². The van der Waals surface area contributed by atoms with Crippen LogP contribution in [0.3, 0.4) is 0 Å². The molecule has 0 heterocycles. The number of rotatable bonds is 12. The zero-order valence-electron chi connectivity index (χ0n) is 16.2. The van der Waals surface area contributed by atoms with Crippen molar-refractivity contribution in [2.24, 2.45) is 0 Å². The van der Waals surface area contributed by atoms with Crippen LogP contribution in [-0.4, -0.2) is 66.7 Å². The van der Waals surface area contributed by atoms with Crippen molar-refractivity contribution in [3.05, 3.63) is 37.5 Å². The van der Waals surface area contributed by atoms with Crippen molar-refractivity contribution in [2.75, 3.05) is 34.4 Å². The smallest absolute Gasteiger partial charge is 0.222 e. The van der Waals surface area contributed by atoms with Crippen molar-refractivity contribution >= 4 is 5.91 Å². The number of nitrogens with zero attached hydrogens (tertiary/aromatic N) is 1. The van der Waals surface area contributed by atoms with Gasteiger partial charge in [0.25, 0.3) is 0 Å². The molecule has 1 atom stereocenters. The zero-order valence-corrected chi connectivity index (χ0v) is 16.2. The molecule has 148 valence electrons. The van der Waals surface area contributed by atoms with Crippen molar-refractivity contribution < 1.29 is 20.1 Å². The minimum atomic E-state index is -0.601. The molecule has 4 N–H and O–H groups in total. The van der Waals surface area contributed by atoms with E-state index in [2.05, 4.69) is 18.5 Å². The van der Waals surface area contributed by atoms with E-state index in [1.165, 1.54) is 0 Å². The van der Waals surface area contributed by atoms with Crippen molar-refractivity contribution in [3.63, 3.8) is 0 Å². The highest BCUT2D eigenvalue weighted by molar-refractivity contribution is 5.75. The Balaban J connectivity index is -0.000000362. The Kier molecular flexibility index (Phi) is 28.1. The van der Waals surface area contributed by atoms with Gasteiger partial charge in [0.2, 0.25) is 5.91 Å².